The quantitative estimate of drug-likeness (QED) is 0.647. The van der Waals surface area contributed by atoms with Gasteiger partial charge < -0.3 is 10.1 Å². The van der Waals surface area contributed by atoms with Gasteiger partial charge in [0.25, 0.3) is 5.91 Å². The highest BCUT2D eigenvalue weighted by Gasteiger charge is 2.29. The van der Waals surface area contributed by atoms with Crippen LogP contribution in [0.25, 0.3) is 11.1 Å². The predicted molar refractivity (Wildman–Crippen MR) is 98.4 cm³/mol. The Morgan fingerprint density at radius 1 is 1.11 bits per heavy atom. The molecule has 2 aromatic heterocycles. The molecule has 9 heteroatoms. The summed E-state index contributed by atoms with van der Waals surface area (Å²) in [6.45, 7) is -1.48. The third-order valence-corrected chi connectivity index (χ3v) is 3.83. The maximum atomic E-state index is 12.5. The molecule has 0 aliphatic heterocycles. The molecule has 3 aromatic rings. The Morgan fingerprint density at radius 2 is 1.79 bits per heavy atom. The molecule has 0 fully saturated rings. The van der Waals surface area contributed by atoms with Crippen molar-refractivity contribution in [3.8, 4) is 17.0 Å². The SMILES string of the molecule is O=C(Nc1cnc(OCC(F)(F)F)c(-c2ccc(Cl)cc2)c1)c1ccncc1. The van der Waals surface area contributed by atoms with E-state index in [0.717, 1.165) is 0 Å². The third kappa shape index (κ3) is 5.20. The van der Waals surface area contributed by atoms with E-state index in [0.29, 0.717) is 21.8 Å². The summed E-state index contributed by atoms with van der Waals surface area (Å²) in [4.78, 5) is 20.1. The zero-order valence-electron chi connectivity index (χ0n) is 14.2. The van der Waals surface area contributed by atoms with E-state index in [1.165, 1.54) is 36.8 Å². The first kappa shape index (κ1) is 19.6. The molecular weight excluding hydrogens is 395 g/mol. The van der Waals surface area contributed by atoms with E-state index in [4.69, 9.17) is 16.3 Å². The van der Waals surface area contributed by atoms with Crippen LogP contribution in [0.5, 0.6) is 5.88 Å². The number of carbonyl (C=O) groups excluding carboxylic acids is 1. The van der Waals surface area contributed by atoms with E-state index >= 15 is 0 Å². The summed E-state index contributed by atoms with van der Waals surface area (Å²) < 4.78 is 42.4. The number of carbonyl (C=O) groups is 1. The van der Waals surface area contributed by atoms with Gasteiger partial charge in [-0.3, -0.25) is 9.78 Å². The van der Waals surface area contributed by atoms with Crippen LogP contribution in [0.3, 0.4) is 0 Å². The minimum Gasteiger partial charge on any atom is -0.468 e. The minimum absolute atomic E-state index is 0.207. The summed E-state index contributed by atoms with van der Waals surface area (Å²) in [5.41, 5.74) is 1.49. The van der Waals surface area contributed by atoms with Crippen LogP contribution in [-0.2, 0) is 0 Å². The number of ether oxygens (including phenoxy) is 1. The molecule has 1 aromatic carbocycles. The average Bonchev–Trinajstić information content (AvgIpc) is 2.67. The van der Waals surface area contributed by atoms with Crippen LogP contribution in [0.2, 0.25) is 5.02 Å². The van der Waals surface area contributed by atoms with Gasteiger partial charge in [0.2, 0.25) is 5.88 Å². The van der Waals surface area contributed by atoms with Gasteiger partial charge in [-0.25, -0.2) is 4.98 Å². The minimum atomic E-state index is -4.51. The largest absolute Gasteiger partial charge is 0.468 e. The zero-order chi connectivity index (χ0) is 20.1. The highest BCUT2D eigenvalue weighted by Crippen LogP contribution is 2.32. The molecule has 2 heterocycles. The van der Waals surface area contributed by atoms with E-state index in [1.807, 2.05) is 0 Å². The Bertz CT molecular complexity index is 964. The Hall–Kier alpha value is -3.13. The topological polar surface area (TPSA) is 64.1 Å². The smallest absolute Gasteiger partial charge is 0.422 e. The van der Waals surface area contributed by atoms with Crippen LogP contribution < -0.4 is 10.1 Å². The summed E-state index contributed by atoms with van der Waals surface area (Å²) in [6.07, 6.45) is -0.335. The number of nitrogens with one attached hydrogen (secondary N) is 1. The van der Waals surface area contributed by atoms with Crippen LogP contribution in [0.4, 0.5) is 18.9 Å². The monoisotopic (exact) mass is 407 g/mol. The van der Waals surface area contributed by atoms with Crippen molar-refractivity contribution in [2.75, 3.05) is 11.9 Å². The van der Waals surface area contributed by atoms with Crippen molar-refractivity contribution >= 4 is 23.2 Å². The van der Waals surface area contributed by atoms with Crippen LogP contribution in [-0.4, -0.2) is 28.7 Å². The van der Waals surface area contributed by atoms with Crippen molar-refractivity contribution in [3.05, 3.63) is 71.6 Å². The number of anilines is 1. The second kappa shape index (κ2) is 8.26. The van der Waals surface area contributed by atoms with Crippen LogP contribution in [0.1, 0.15) is 10.4 Å². The van der Waals surface area contributed by atoms with Gasteiger partial charge in [0, 0.05) is 28.5 Å². The number of alkyl halides is 3. The van der Waals surface area contributed by atoms with Gasteiger partial charge in [-0.05, 0) is 35.9 Å². The highest BCUT2D eigenvalue weighted by molar-refractivity contribution is 6.30. The number of amides is 1. The Labute approximate surface area is 163 Å². The van der Waals surface area contributed by atoms with E-state index in [1.54, 1.807) is 24.3 Å². The van der Waals surface area contributed by atoms with Crippen molar-refractivity contribution < 1.29 is 22.7 Å². The van der Waals surface area contributed by atoms with E-state index < -0.39 is 18.7 Å². The maximum absolute atomic E-state index is 12.5. The second-order valence-electron chi connectivity index (χ2n) is 5.68. The van der Waals surface area contributed by atoms with Crippen LogP contribution >= 0.6 is 11.6 Å². The fraction of sp³-hybridized carbons (Fsp3) is 0.105. The molecule has 0 unspecified atom stereocenters. The summed E-state index contributed by atoms with van der Waals surface area (Å²) in [7, 11) is 0. The van der Waals surface area contributed by atoms with E-state index in [2.05, 4.69) is 15.3 Å². The number of pyridine rings is 2. The van der Waals surface area contributed by atoms with E-state index in [-0.39, 0.29) is 11.4 Å². The predicted octanol–water partition coefficient (Wildman–Crippen LogP) is 4.99. The second-order valence-corrected chi connectivity index (χ2v) is 6.11. The summed E-state index contributed by atoms with van der Waals surface area (Å²) in [6, 6.07) is 11.0. The number of benzene rings is 1. The van der Waals surface area contributed by atoms with Gasteiger partial charge in [0.05, 0.1) is 11.9 Å². The van der Waals surface area contributed by atoms with Crippen molar-refractivity contribution in [3.63, 3.8) is 0 Å². The first-order chi connectivity index (χ1) is 13.3. The molecule has 0 saturated heterocycles. The Kier molecular flexibility index (Phi) is 5.79. The molecule has 0 bridgehead atoms. The zero-order valence-corrected chi connectivity index (χ0v) is 15.0. The molecule has 3 rings (SSSR count). The molecule has 144 valence electrons. The molecule has 0 radical (unpaired) electrons. The molecule has 28 heavy (non-hydrogen) atoms. The third-order valence-electron chi connectivity index (χ3n) is 3.58. The summed E-state index contributed by atoms with van der Waals surface area (Å²) in [5.74, 6) is -0.614. The van der Waals surface area contributed by atoms with Gasteiger partial charge in [-0.1, -0.05) is 23.7 Å². The standard InChI is InChI=1S/C19H13ClF3N3O2/c20-14-3-1-12(2-4-14)16-9-15(10-25-18(16)28-11-19(21,22)23)26-17(27)13-5-7-24-8-6-13/h1-10H,11H2,(H,26,27). The van der Waals surface area contributed by atoms with Gasteiger partial charge in [-0.2, -0.15) is 13.2 Å². The van der Waals surface area contributed by atoms with Crippen molar-refractivity contribution in [1.29, 1.82) is 0 Å². The van der Waals surface area contributed by atoms with Crippen LogP contribution in [0, 0.1) is 0 Å². The van der Waals surface area contributed by atoms with Crippen LogP contribution in [0.15, 0.2) is 61.1 Å². The normalized spacial score (nSPS) is 11.1. The molecule has 0 atom stereocenters. The molecule has 0 aliphatic carbocycles. The summed E-state index contributed by atoms with van der Waals surface area (Å²) in [5, 5.41) is 3.12. The molecule has 5 nitrogen and oxygen atoms in total. The number of nitrogens with zero attached hydrogens (tertiary/aromatic N) is 2. The lowest BCUT2D eigenvalue weighted by molar-refractivity contribution is -0.154. The number of rotatable bonds is 5. The van der Waals surface area contributed by atoms with Crippen molar-refractivity contribution in [1.82, 2.24) is 9.97 Å². The first-order valence-corrected chi connectivity index (χ1v) is 8.36. The molecule has 0 saturated carbocycles. The Morgan fingerprint density at radius 3 is 2.43 bits per heavy atom. The lowest BCUT2D eigenvalue weighted by atomic mass is 10.1. The average molecular weight is 408 g/mol. The molecular formula is C19H13ClF3N3O2. The highest BCUT2D eigenvalue weighted by atomic mass is 35.5. The molecule has 1 N–H and O–H groups in total. The van der Waals surface area contributed by atoms with Gasteiger partial charge >= 0.3 is 6.18 Å². The Balaban J connectivity index is 1.91. The maximum Gasteiger partial charge on any atom is 0.422 e. The van der Waals surface area contributed by atoms with E-state index in [9.17, 15) is 18.0 Å². The van der Waals surface area contributed by atoms with Crippen molar-refractivity contribution in [2.24, 2.45) is 0 Å². The van der Waals surface area contributed by atoms with Gasteiger partial charge in [-0.15, -0.1) is 0 Å². The van der Waals surface area contributed by atoms with Gasteiger partial charge in [0.1, 0.15) is 0 Å². The number of halogens is 4. The summed E-state index contributed by atoms with van der Waals surface area (Å²) >= 11 is 5.87. The van der Waals surface area contributed by atoms with Gasteiger partial charge in [0.15, 0.2) is 6.61 Å². The fourth-order valence-corrected chi connectivity index (χ4v) is 2.45. The fourth-order valence-electron chi connectivity index (χ4n) is 2.33. The first-order valence-electron chi connectivity index (χ1n) is 7.99. The number of hydrogen-bond donors (Lipinski definition) is 1. The molecule has 0 aliphatic rings. The molecule has 1 amide bonds. The number of aromatic nitrogens is 2. The lowest BCUT2D eigenvalue weighted by Gasteiger charge is -2.14. The molecule has 0 spiro atoms. The lowest BCUT2D eigenvalue weighted by Crippen LogP contribution is -2.20. The van der Waals surface area contributed by atoms with Crippen molar-refractivity contribution in [2.45, 2.75) is 6.18 Å². The number of hydrogen-bond acceptors (Lipinski definition) is 4.